The Hall–Kier alpha value is -0.795. The standard InChI is InChI=1S/C13H18BO2/c1-10-6-8-11(9-7-10)14-15-12(2,3)13(4,5)16-14/h6-9H,1H2,2-5H3. The smallest absolute Gasteiger partial charge is 0.399 e. The van der Waals surface area contributed by atoms with Gasteiger partial charge >= 0.3 is 7.12 Å². The first-order valence-corrected chi connectivity index (χ1v) is 5.59. The van der Waals surface area contributed by atoms with E-state index < -0.39 is 0 Å². The molecule has 1 aromatic rings. The van der Waals surface area contributed by atoms with Crippen molar-refractivity contribution in [3.63, 3.8) is 0 Å². The van der Waals surface area contributed by atoms with Crippen molar-refractivity contribution < 1.29 is 9.31 Å². The minimum atomic E-state index is -0.277. The minimum Gasteiger partial charge on any atom is -0.399 e. The zero-order valence-corrected chi connectivity index (χ0v) is 10.4. The van der Waals surface area contributed by atoms with Gasteiger partial charge in [0.1, 0.15) is 0 Å². The lowest BCUT2D eigenvalue weighted by atomic mass is 9.79. The van der Waals surface area contributed by atoms with E-state index in [1.54, 1.807) is 0 Å². The summed E-state index contributed by atoms with van der Waals surface area (Å²) in [5, 5.41) is 0. The van der Waals surface area contributed by atoms with Crippen LogP contribution in [0.25, 0.3) is 0 Å². The third-order valence-electron chi connectivity index (χ3n) is 3.51. The van der Waals surface area contributed by atoms with Crippen LogP contribution in [0.2, 0.25) is 0 Å². The van der Waals surface area contributed by atoms with Crippen molar-refractivity contribution in [2.45, 2.75) is 38.9 Å². The molecule has 0 spiro atoms. The minimum absolute atomic E-state index is 0.273. The average Bonchev–Trinajstić information content (AvgIpc) is 2.37. The normalized spacial score (nSPS) is 22.4. The lowest BCUT2D eigenvalue weighted by Gasteiger charge is -2.32. The van der Waals surface area contributed by atoms with Crippen LogP contribution in [-0.2, 0) is 9.31 Å². The molecule has 0 unspecified atom stereocenters. The van der Waals surface area contributed by atoms with Crippen molar-refractivity contribution in [1.29, 1.82) is 0 Å². The molecule has 0 saturated carbocycles. The van der Waals surface area contributed by atoms with Crippen molar-refractivity contribution in [2.75, 3.05) is 0 Å². The van der Waals surface area contributed by atoms with Gasteiger partial charge in [-0.1, -0.05) is 24.3 Å². The van der Waals surface area contributed by atoms with E-state index in [0.29, 0.717) is 0 Å². The van der Waals surface area contributed by atoms with E-state index in [9.17, 15) is 0 Å². The van der Waals surface area contributed by atoms with Gasteiger partial charge in [-0.05, 0) is 45.6 Å². The van der Waals surface area contributed by atoms with Crippen molar-refractivity contribution >= 4 is 12.6 Å². The third kappa shape index (κ3) is 1.90. The second-order valence-corrected chi connectivity index (χ2v) is 5.33. The first-order chi connectivity index (χ1) is 7.32. The molecule has 0 bridgehead atoms. The Kier molecular flexibility index (Phi) is 2.63. The quantitative estimate of drug-likeness (QED) is 0.671. The highest BCUT2D eigenvalue weighted by atomic mass is 16.7. The Bertz CT molecular complexity index is 365. The van der Waals surface area contributed by atoms with Gasteiger partial charge in [0.2, 0.25) is 0 Å². The van der Waals surface area contributed by atoms with Crippen molar-refractivity contribution in [3.05, 3.63) is 36.8 Å². The van der Waals surface area contributed by atoms with Crippen LogP contribution in [-0.4, -0.2) is 18.3 Å². The van der Waals surface area contributed by atoms with E-state index in [1.165, 1.54) is 0 Å². The summed E-state index contributed by atoms with van der Waals surface area (Å²) in [7, 11) is -0.273. The predicted octanol–water partition coefficient (Wildman–Crippen LogP) is 2.17. The van der Waals surface area contributed by atoms with Gasteiger partial charge in [0.05, 0.1) is 11.2 Å². The first-order valence-electron chi connectivity index (χ1n) is 5.59. The van der Waals surface area contributed by atoms with Crippen LogP contribution in [0.3, 0.4) is 0 Å². The van der Waals surface area contributed by atoms with Gasteiger partial charge in [0, 0.05) is 0 Å². The number of hydrogen-bond donors (Lipinski definition) is 0. The Morgan fingerprint density at radius 2 is 1.38 bits per heavy atom. The second-order valence-electron chi connectivity index (χ2n) is 5.33. The van der Waals surface area contributed by atoms with Gasteiger partial charge in [0.25, 0.3) is 0 Å². The molecule has 1 radical (unpaired) electrons. The molecule has 0 aromatic heterocycles. The van der Waals surface area contributed by atoms with E-state index in [-0.39, 0.29) is 18.3 Å². The molecular weight excluding hydrogens is 199 g/mol. The first kappa shape index (κ1) is 11.7. The summed E-state index contributed by atoms with van der Waals surface area (Å²) in [5.74, 6) is 0. The lowest BCUT2D eigenvalue weighted by Crippen LogP contribution is -2.41. The highest BCUT2D eigenvalue weighted by molar-refractivity contribution is 6.62. The molecule has 1 heterocycles. The molecule has 0 amide bonds. The van der Waals surface area contributed by atoms with E-state index >= 15 is 0 Å². The van der Waals surface area contributed by atoms with Crippen molar-refractivity contribution in [2.24, 2.45) is 0 Å². The molecule has 1 saturated heterocycles. The van der Waals surface area contributed by atoms with Gasteiger partial charge in [-0.3, -0.25) is 0 Å². The summed E-state index contributed by atoms with van der Waals surface area (Å²) in [6.07, 6.45) is 0. The van der Waals surface area contributed by atoms with Gasteiger partial charge < -0.3 is 9.31 Å². The van der Waals surface area contributed by atoms with Gasteiger partial charge in [-0.2, -0.15) is 0 Å². The fraction of sp³-hybridized carbons (Fsp3) is 0.462. The van der Waals surface area contributed by atoms with E-state index in [0.717, 1.165) is 11.0 Å². The Morgan fingerprint density at radius 1 is 0.938 bits per heavy atom. The fourth-order valence-corrected chi connectivity index (χ4v) is 1.65. The number of rotatable bonds is 1. The third-order valence-corrected chi connectivity index (χ3v) is 3.51. The molecule has 2 rings (SSSR count). The molecule has 0 atom stereocenters. The van der Waals surface area contributed by atoms with Crippen LogP contribution in [0.4, 0.5) is 0 Å². The summed E-state index contributed by atoms with van der Waals surface area (Å²) < 4.78 is 11.9. The summed E-state index contributed by atoms with van der Waals surface area (Å²) in [4.78, 5) is 0. The average molecular weight is 217 g/mol. The molecule has 85 valence electrons. The molecule has 0 aliphatic carbocycles. The molecule has 1 fully saturated rings. The summed E-state index contributed by atoms with van der Waals surface area (Å²) in [5.41, 5.74) is 1.49. The topological polar surface area (TPSA) is 18.5 Å². The van der Waals surface area contributed by atoms with Gasteiger partial charge in [0.15, 0.2) is 0 Å². The van der Waals surface area contributed by atoms with E-state index in [2.05, 4.69) is 34.6 Å². The molecule has 3 heteroatoms. The van der Waals surface area contributed by atoms with Crippen LogP contribution in [0.5, 0.6) is 0 Å². The highest BCUT2D eigenvalue weighted by Gasteiger charge is 2.51. The van der Waals surface area contributed by atoms with Gasteiger partial charge in [-0.15, -0.1) is 0 Å². The maximum atomic E-state index is 5.95. The zero-order valence-electron chi connectivity index (χ0n) is 10.4. The van der Waals surface area contributed by atoms with Crippen LogP contribution < -0.4 is 5.46 Å². The SMILES string of the molecule is [CH2]c1ccc(B2OC(C)(C)C(C)(C)O2)cc1. The molecular formula is C13H18BO2. The maximum Gasteiger partial charge on any atom is 0.494 e. The fourth-order valence-electron chi connectivity index (χ4n) is 1.65. The van der Waals surface area contributed by atoms with E-state index in [1.807, 2.05) is 24.3 Å². The van der Waals surface area contributed by atoms with Crippen molar-refractivity contribution in [1.82, 2.24) is 0 Å². The number of benzene rings is 1. The van der Waals surface area contributed by atoms with Crippen LogP contribution in [0, 0.1) is 6.92 Å². The molecule has 1 aliphatic rings. The molecule has 1 aromatic carbocycles. The maximum absolute atomic E-state index is 5.95. The molecule has 1 aliphatic heterocycles. The Balaban J connectivity index is 2.23. The van der Waals surface area contributed by atoms with Crippen LogP contribution >= 0.6 is 0 Å². The van der Waals surface area contributed by atoms with E-state index in [4.69, 9.17) is 9.31 Å². The Labute approximate surface area is 98.1 Å². The predicted molar refractivity (Wildman–Crippen MR) is 66.6 cm³/mol. The summed E-state index contributed by atoms with van der Waals surface area (Å²) in [6.45, 7) is 12.1. The largest absolute Gasteiger partial charge is 0.494 e. The summed E-state index contributed by atoms with van der Waals surface area (Å²) >= 11 is 0. The zero-order chi connectivity index (χ0) is 12.0. The highest BCUT2D eigenvalue weighted by Crippen LogP contribution is 2.36. The summed E-state index contributed by atoms with van der Waals surface area (Å²) in [6, 6.07) is 7.95. The Morgan fingerprint density at radius 3 is 1.81 bits per heavy atom. The second kappa shape index (κ2) is 3.61. The monoisotopic (exact) mass is 217 g/mol. The van der Waals surface area contributed by atoms with Crippen molar-refractivity contribution in [3.8, 4) is 0 Å². The molecule has 2 nitrogen and oxygen atoms in total. The molecule has 0 N–H and O–H groups in total. The number of hydrogen-bond acceptors (Lipinski definition) is 2. The van der Waals surface area contributed by atoms with Gasteiger partial charge in [-0.25, -0.2) is 0 Å². The van der Waals surface area contributed by atoms with Crippen LogP contribution in [0.1, 0.15) is 33.3 Å². The molecule has 16 heavy (non-hydrogen) atoms. The lowest BCUT2D eigenvalue weighted by molar-refractivity contribution is 0.00578. The van der Waals surface area contributed by atoms with Crippen LogP contribution in [0.15, 0.2) is 24.3 Å².